The van der Waals surface area contributed by atoms with Crippen LogP contribution >= 0.6 is 11.6 Å². The van der Waals surface area contributed by atoms with Crippen molar-refractivity contribution in [2.75, 3.05) is 13.2 Å². The highest BCUT2D eigenvalue weighted by Gasteiger charge is 2.09. The summed E-state index contributed by atoms with van der Waals surface area (Å²) in [6.07, 6.45) is 5.64. The zero-order chi connectivity index (χ0) is 20.1. The maximum Gasteiger partial charge on any atom is 0.254 e. The summed E-state index contributed by atoms with van der Waals surface area (Å²) in [7, 11) is 0. The Hall–Kier alpha value is -3.38. The first kappa shape index (κ1) is 19.0. The number of benzene rings is 2. The fourth-order valence-electron chi connectivity index (χ4n) is 2.95. The topological polar surface area (TPSA) is 69.0 Å². The molecule has 1 amide bonds. The van der Waals surface area contributed by atoms with Crippen molar-refractivity contribution < 1.29 is 9.53 Å². The first-order valence-electron chi connectivity index (χ1n) is 9.26. The highest BCUT2D eigenvalue weighted by molar-refractivity contribution is 6.30. The van der Waals surface area contributed by atoms with Crippen molar-refractivity contribution in [1.29, 1.82) is 0 Å². The van der Waals surface area contributed by atoms with Gasteiger partial charge in [0.2, 0.25) is 0 Å². The number of nitrogens with one attached hydrogen (secondary N) is 1. The van der Waals surface area contributed by atoms with E-state index in [1.54, 1.807) is 29.2 Å². The van der Waals surface area contributed by atoms with Crippen molar-refractivity contribution in [3.05, 3.63) is 83.8 Å². The third kappa shape index (κ3) is 4.55. The van der Waals surface area contributed by atoms with E-state index in [-0.39, 0.29) is 5.91 Å². The largest absolute Gasteiger partial charge is 0.491 e. The molecular weight excluding hydrogens is 388 g/mol. The summed E-state index contributed by atoms with van der Waals surface area (Å²) in [6, 6.07) is 17.0. The highest BCUT2D eigenvalue weighted by atomic mass is 35.5. The molecular formula is C22H19ClN4O2. The lowest BCUT2D eigenvalue weighted by atomic mass is 10.2. The predicted octanol–water partition coefficient (Wildman–Crippen LogP) is 4.27. The van der Waals surface area contributed by atoms with Crippen LogP contribution in [0.5, 0.6) is 5.75 Å². The van der Waals surface area contributed by atoms with E-state index in [1.807, 2.05) is 42.5 Å². The van der Waals surface area contributed by atoms with Gasteiger partial charge in [0, 0.05) is 29.3 Å². The molecule has 0 saturated carbocycles. The van der Waals surface area contributed by atoms with E-state index in [9.17, 15) is 4.79 Å². The summed E-state index contributed by atoms with van der Waals surface area (Å²) in [5, 5.41) is 8.76. The van der Waals surface area contributed by atoms with Crippen molar-refractivity contribution in [2.24, 2.45) is 0 Å². The molecule has 0 saturated heterocycles. The van der Waals surface area contributed by atoms with E-state index >= 15 is 0 Å². The smallest absolute Gasteiger partial charge is 0.254 e. The molecule has 2 aromatic carbocycles. The lowest BCUT2D eigenvalue weighted by Crippen LogP contribution is -2.25. The molecule has 146 valence electrons. The molecule has 0 spiro atoms. The monoisotopic (exact) mass is 406 g/mol. The number of pyridine rings is 1. The predicted molar refractivity (Wildman–Crippen MR) is 113 cm³/mol. The van der Waals surface area contributed by atoms with Crippen LogP contribution in [0.3, 0.4) is 0 Å². The third-order valence-corrected chi connectivity index (χ3v) is 4.61. The number of hydrogen-bond acceptors (Lipinski definition) is 4. The summed E-state index contributed by atoms with van der Waals surface area (Å²) < 4.78 is 7.46. The standard InChI is InChI=1S/C22H19ClN4O2/c23-18-7-2-8-19(13-18)27-15-17(14-26-27)22(28)25-11-4-12-29-20-9-1-5-16-6-3-10-24-21(16)20/h1-3,5-10,13-15H,4,11-12H2,(H,25,28). The Bertz CT molecular complexity index is 1140. The minimum Gasteiger partial charge on any atom is -0.491 e. The van der Waals surface area contributed by atoms with Gasteiger partial charge in [-0.25, -0.2) is 4.68 Å². The molecule has 6 nitrogen and oxygen atoms in total. The molecule has 7 heteroatoms. The Labute approximate surface area is 173 Å². The van der Waals surface area contributed by atoms with Crippen molar-refractivity contribution in [3.63, 3.8) is 0 Å². The molecule has 29 heavy (non-hydrogen) atoms. The molecule has 0 atom stereocenters. The number of rotatable bonds is 7. The van der Waals surface area contributed by atoms with Crippen LogP contribution in [0.4, 0.5) is 0 Å². The van der Waals surface area contributed by atoms with Gasteiger partial charge in [-0.1, -0.05) is 35.9 Å². The van der Waals surface area contributed by atoms with Crippen LogP contribution in [0.25, 0.3) is 16.6 Å². The van der Waals surface area contributed by atoms with Gasteiger partial charge in [0.05, 0.1) is 24.1 Å². The molecule has 0 aliphatic rings. The number of aromatic nitrogens is 3. The normalized spacial score (nSPS) is 10.8. The van der Waals surface area contributed by atoms with Crippen molar-refractivity contribution in [1.82, 2.24) is 20.1 Å². The van der Waals surface area contributed by atoms with Gasteiger partial charge in [0.25, 0.3) is 5.91 Å². The zero-order valence-electron chi connectivity index (χ0n) is 15.6. The van der Waals surface area contributed by atoms with Crippen LogP contribution in [-0.2, 0) is 0 Å². The molecule has 2 aromatic heterocycles. The van der Waals surface area contributed by atoms with Gasteiger partial charge in [-0.3, -0.25) is 9.78 Å². The number of amides is 1. The van der Waals surface area contributed by atoms with Gasteiger partial charge in [-0.15, -0.1) is 0 Å². The van der Waals surface area contributed by atoms with Crippen molar-refractivity contribution >= 4 is 28.4 Å². The van der Waals surface area contributed by atoms with Crippen LogP contribution in [-0.4, -0.2) is 33.8 Å². The number of para-hydroxylation sites is 1. The molecule has 2 heterocycles. The van der Waals surface area contributed by atoms with Gasteiger partial charge < -0.3 is 10.1 Å². The maximum absolute atomic E-state index is 12.3. The highest BCUT2D eigenvalue weighted by Crippen LogP contribution is 2.22. The molecule has 0 bridgehead atoms. The molecule has 0 radical (unpaired) electrons. The first-order chi connectivity index (χ1) is 14.2. The zero-order valence-corrected chi connectivity index (χ0v) is 16.3. The quantitative estimate of drug-likeness (QED) is 0.465. The summed E-state index contributed by atoms with van der Waals surface area (Å²) in [6.45, 7) is 0.983. The van der Waals surface area contributed by atoms with E-state index in [4.69, 9.17) is 16.3 Å². The lowest BCUT2D eigenvalue weighted by Gasteiger charge is -2.09. The fraction of sp³-hybridized carbons (Fsp3) is 0.136. The van der Waals surface area contributed by atoms with E-state index in [0.717, 1.165) is 22.3 Å². The maximum atomic E-state index is 12.3. The van der Waals surface area contributed by atoms with Crippen LogP contribution in [0.1, 0.15) is 16.8 Å². The number of ether oxygens (including phenoxy) is 1. The summed E-state index contributed by atoms with van der Waals surface area (Å²) >= 11 is 6.00. The van der Waals surface area contributed by atoms with Gasteiger partial charge in [-0.2, -0.15) is 5.10 Å². The number of carbonyl (C=O) groups excluding carboxylic acids is 1. The minimum absolute atomic E-state index is 0.176. The second-order valence-electron chi connectivity index (χ2n) is 6.44. The molecule has 0 aliphatic carbocycles. The van der Waals surface area contributed by atoms with Crippen LogP contribution in [0.2, 0.25) is 5.02 Å². The summed E-state index contributed by atoms with van der Waals surface area (Å²) in [4.78, 5) is 16.7. The Morgan fingerprint density at radius 1 is 1.14 bits per heavy atom. The van der Waals surface area contributed by atoms with E-state index < -0.39 is 0 Å². The molecule has 4 rings (SSSR count). The van der Waals surface area contributed by atoms with E-state index in [2.05, 4.69) is 15.4 Å². The van der Waals surface area contributed by atoms with Crippen LogP contribution in [0.15, 0.2) is 73.2 Å². The number of hydrogen-bond donors (Lipinski definition) is 1. The summed E-state index contributed by atoms with van der Waals surface area (Å²) in [5.74, 6) is 0.572. The molecule has 1 N–H and O–H groups in total. The fourth-order valence-corrected chi connectivity index (χ4v) is 3.14. The van der Waals surface area contributed by atoms with Gasteiger partial charge in [0.1, 0.15) is 11.3 Å². The Balaban J connectivity index is 1.27. The SMILES string of the molecule is O=C(NCCCOc1cccc2cccnc12)c1cnn(-c2cccc(Cl)c2)c1. The minimum atomic E-state index is -0.176. The average Bonchev–Trinajstić information content (AvgIpc) is 3.24. The van der Waals surface area contributed by atoms with Crippen LogP contribution < -0.4 is 10.1 Å². The molecule has 0 aliphatic heterocycles. The van der Waals surface area contributed by atoms with Gasteiger partial charge >= 0.3 is 0 Å². The van der Waals surface area contributed by atoms with Crippen molar-refractivity contribution in [3.8, 4) is 11.4 Å². The third-order valence-electron chi connectivity index (χ3n) is 4.38. The second-order valence-corrected chi connectivity index (χ2v) is 6.88. The average molecular weight is 407 g/mol. The number of fused-ring (bicyclic) bond motifs is 1. The Morgan fingerprint density at radius 3 is 2.90 bits per heavy atom. The number of halogens is 1. The van der Waals surface area contributed by atoms with Crippen molar-refractivity contribution in [2.45, 2.75) is 6.42 Å². The molecule has 4 aromatic rings. The van der Waals surface area contributed by atoms with Gasteiger partial charge in [0.15, 0.2) is 0 Å². The lowest BCUT2D eigenvalue weighted by molar-refractivity contribution is 0.0951. The van der Waals surface area contributed by atoms with E-state index in [1.165, 1.54) is 6.20 Å². The number of carbonyl (C=O) groups is 1. The summed E-state index contributed by atoms with van der Waals surface area (Å²) in [5.41, 5.74) is 2.13. The van der Waals surface area contributed by atoms with Gasteiger partial charge in [-0.05, 0) is 36.8 Å². The molecule has 0 fully saturated rings. The van der Waals surface area contributed by atoms with E-state index in [0.29, 0.717) is 30.2 Å². The number of nitrogens with zero attached hydrogens (tertiary/aromatic N) is 3. The second kappa shape index (κ2) is 8.75. The first-order valence-corrected chi connectivity index (χ1v) is 9.64. The van der Waals surface area contributed by atoms with Crippen LogP contribution in [0, 0.1) is 0 Å². The Kier molecular flexibility index (Phi) is 5.72. The Morgan fingerprint density at radius 2 is 2.00 bits per heavy atom. The molecule has 0 unspecified atom stereocenters.